The Morgan fingerprint density at radius 3 is 2.36 bits per heavy atom. The molecule has 0 aliphatic carbocycles. The first-order chi connectivity index (χ1) is 10.4. The molecule has 0 atom stereocenters. The van der Waals surface area contributed by atoms with Crippen LogP contribution in [0, 0.1) is 3.57 Å². The molecule has 1 N–H and O–H groups in total. The number of halogens is 1. The van der Waals surface area contributed by atoms with E-state index in [0.717, 1.165) is 17.7 Å². The van der Waals surface area contributed by atoms with E-state index < -0.39 is 0 Å². The predicted molar refractivity (Wildman–Crippen MR) is 101 cm³/mol. The molecule has 0 heterocycles. The molecule has 0 bridgehead atoms. The number of carbonyl (C=O) groups is 1. The zero-order valence-corrected chi connectivity index (χ0v) is 15.5. The predicted octanol–water partition coefficient (Wildman–Crippen LogP) is 5.16. The molecule has 0 aliphatic heterocycles. The summed E-state index contributed by atoms with van der Waals surface area (Å²) in [6.45, 7) is 6.47. The van der Waals surface area contributed by atoms with Crippen molar-refractivity contribution in [2.45, 2.75) is 39.0 Å². The van der Waals surface area contributed by atoms with Gasteiger partial charge in [0, 0.05) is 15.7 Å². The highest BCUT2D eigenvalue weighted by molar-refractivity contribution is 14.1. The van der Waals surface area contributed by atoms with Gasteiger partial charge in [0.05, 0.1) is 0 Å². The first kappa shape index (κ1) is 17.0. The Morgan fingerprint density at radius 1 is 1.05 bits per heavy atom. The van der Waals surface area contributed by atoms with Crippen LogP contribution in [0.15, 0.2) is 48.5 Å². The molecule has 0 aromatic heterocycles. The van der Waals surface area contributed by atoms with Crippen LogP contribution >= 0.6 is 22.6 Å². The van der Waals surface area contributed by atoms with Gasteiger partial charge in [-0.15, -0.1) is 0 Å². The van der Waals surface area contributed by atoms with Gasteiger partial charge in [-0.25, -0.2) is 0 Å². The van der Waals surface area contributed by atoms with E-state index in [1.54, 1.807) is 0 Å². The SMILES string of the molecule is CC(C)(C)c1ccccc1NC(=O)CCc1ccccc1I. The molecule has 22 heavy (non-hydrogen) atoms. The topological polar surface area (TPSA) is 29.1 Å². The van der Waals surface area contributed by atoms with Crippen LogP contribution in [0.25, 0.3) is 0 Å². The number of nitrogens with one attached hydrogen (secondary N) is 1. The molecule has 2 rings (SSSR count). The lowest BCUT2D eigenvalue weighted by Gasteiger charge is -2.23. The highest BCUT2D eigenvalue weighted by atomic mass is 127. The largest absolute Gasteiger partial charge is 0.326 e. The minimum Gasteiger partial charge on any atom is -0.326 e. The number of carbonyl (C=O) groups excluding carboxylic acids is 1. The van der Waals surface area contributed by atoms with Gasteiger partial charge in [-0.3, -0.25) is 4.79 Å². The minimum atomic E-state index is 0.0126. The lowest BCUT2D eigenvalue weighted by molar-refractivity contribution is -0.116. The van der Waals surface area contributed by atoms with Crippen molar-refractivity contribution in [1.82, 2.24) is 0 Å². The second-order valence-electron chi connectivity index (χ2n) is 6.44. The van der Waals surface area contributed by atoms with E-state index in [1.807, 2.05) is 30.3 Å². The van der Waals surface area contributed by atoms with Gasteiger partial charge >= 0.3 is 0 Å². The molecule has 0 saturated carbocycles. The number of benzene rings is 2. The summed E-state index contributed by atoms with van der Waals surface area (Å²) in [5, 5.41) is 3.07. The van der Waals surface area contributed by atoms with Gasteiger partial charge in [-0.2, -0.15) is 0 Å². The highest BCUT2D eigenvalue weighted by Crippen LogP contribution is 2.29. The van der Waals surface area contributed by atoms with Crippen molar-refractivity contribution < 1.29 is 4.79 Å². The summed E-state index contributed by atoms with van der Waals surface area (Å²) >= 11 is 2.31. The number of amides is 1. The molecule has 2 aromatic rings. The number of hydrogen-bond acceptors (Lipinski definition) is 1. The Bertz CT molecular complexity index is 658. The zero-order valence-electron chi connectivity index (χ0n) is 13.3. The maximum Gasteiger partial charge on any atom is 0.224 e. The fourth-order valence-electron chi connectivity index (χ4n) is 2.41. The Kier molecular flexibility index (Phi) is 5.62. The van der Waals surface area contributed by atoms with E-state index in [-0.39, 0.29) is 11.3 Å². The number of aryl methyl sites for hydroxylation is 1. The van der Waals surface area contributed by atoms with Crippen LogP contribution in [0.3, 0.4) is 0 Å². The summed E-state index contributed by atoms with van der Waals surface area (Å²) in [4.78, 5) is 12.3. The number of rotatable bonds is 4. The molecular weight excluding hydrogens is 385 g/mol. The molecule has 2 aromatic carbocycles. The Balaban J connectivity index is 2.03. The molecule has 0 saturated heterocycles. The number of para-hydroxylation sites is 1. The molecule has 0 radical (unpaired) electrons. The summed E-state index contributed by atoms with van der Waals surface area (Å²) in [7, 11) is 0. The molecule has 3 heteroatoms. The van der Waals surface area contributed by atoms with Crippen molar-refractivity contribution in [2.24, 2.45) is 0 Å². The lowest BCUT2D eigenvalue weighted by Crippen LogP contribution is -2.19. The second-order valence-corrected chi connectivity index (χ2v) is 7.60. The summed E-state index contributed by atoms with van der Waals surface area (Å²) in [5.74, 6) is 0.0661. The third kappa shape index (κ3) is 4.57. The highest BCUT2D eigenvalue weighted by Gasteiger charge is 2.18. The van der Waals surface area contributed by atoms with E-state index >= 15 is 0 Å². The fraction of sp³-hybridized carbons (Fsp3) is 0.316. The van der Waals surface area contributed by atoms with Gasteiger partial charge in [0.15, 0.2) is 0 Å². The molecule has 116 valence electrons. The van der Waals surface area contributed by atoms with Crippen molar-refractivity contribution in [3.05, 3.63) is 63.2 Å². The average molecular weight is 407 g/mol. The molecule has 0 aliphatic rings. The lowest BCUT2D eigenvalue weighted by atomic mass is 9.86. The van der Waals surface area contributed by atoms with Crippen LogP contribution in [0.4, 0.5) is 5.69 Å². The summed E-state index contributed by atoms with van der Waals surface area (Å²) < 4.78 is 1.21. The number of anilines is 1. The Morgan fingerprint density at radius 2 is 1.68 bits per heavy atom. The molecule has 0 unspecified atom stereocenters. The van der Waals surface area contributed by atoms with E-state index in [0.29, 0.717) is 6.42 Å². The van der Waals surface area contributed by atoms with Crippen LogP contribution in [-0.4, -0.2) is 5.91 Å². The first-order valence-electron chi connectivity index (χ1n) is 7.50. The summed E-state index contributed by atoms with van der Waals surface area (Å²) in [6, 6.07) is 16.2. The Labute approximate surface area is 146 Å². The van der Waals surface area contributed by atoms with Crippen molar-refractivity contribution in [3.63, 3.8) is 0 Å². The van der Waals surface area contributed by atoms with E-state index in [4.69, 9.17) is 0 Å². The quantitative estimate of drug-likeness (QED) is 0.697. The maximum absolute atomic E-state index is 12.3. The van der Waals surface area contributed by atoms with E-state index in [1.165, 1.54) is 9.13 Å². The van der Waals surface area contributed by atoms with Gasteiger partial charge in [-0.1, -0.05) is 57.2 Å². The van der Waals surface area contributed by atoms with Gasteiger partial charge in [0.2, 0.25) is 5.91 Å². The molecular formula is C19H22INO. The molecule has 0 fully saturated rings. The normalized spacial score (nSPS) is 11.3. The van der Waals surface area contributed by atoms with E-state index in [2.05, 4.69) is 66.9 Å². The second kappa shape index (κ2) is 7.27. The maximum atomic E-state index is 12.3. The standard InChI is InChI=1S/C19H22INO/c1-19(2,3)15-9-5-7-11-17(15)21-18(22)13-12-14-8-4-6-10-16(14)20/h4-11H,12-13H2,1-3H3,(H,21,22). The summed E-state index contributed by atoms with van der Waals surface area (Å²) in [6.07, 6.45) is 1.27. The fourth-order valence-corrected chi connectivity index (χ4v) is 3.07. The van der Waals surface area contributed by atoms with Crippen LogP contribution in [-0.2, 0) is 16.6 Å². The van der Waals surface area contributed by atoms with Crippen molar-refractivity contribution in [2.75, 3.05) is 5.32 Å². The van der Waals surface area contributed by atoms with Crippen molar-refractivity contribution in [3.8, 4) is 0 Å². The van der Waals surface area contributed by atoms with Crippen molar-refractivity contribution in [1.29, 1.82) is 0 Å². The van der Waals surface area contributed by atoms with Crippen LogP contribution < -0.4 is 5.32 Å². The van der Waals surface area contributed by atoms with Gasteiger partial charge < -0.3 is 5.32 Å². The average Bonchev–Trinajstić information content (AvgIpc) is 2.46. The van der Waals surface area contributed by atoms with Crippen molar-refractivity contribution >= 4 is 34.2 Å². The van der Waals surface area contributed by atoms with Gasteiger partial charge in [0.25, 0.3) is 0 Å². The van der Waals surface area contributed by atoms with Crippen LogP contribution in [0.2, 0.25) is 0 Å². The molecule has 2 nitrogen and oxygen atoms in total. The third-order valence-electron chi connectivity index (χ3n) is 3.59. The monoisotopic (exact) mass is 407 g/mol. The van der Waals surface area contributed by atoms with Gasteiger partial charge in [-0.05, 0) is 57.7 Å². The smallest absolute Gasteiger partial charge is 0.224 e. The third-order valence-corrected chi connectivity index (χ3v) is 4.64. The van der Waals surface area contributed by atoms with Crippen LogP contribution in [0.1, 0.15) is 38.3 Å². The zero-order chi connectivity index (χ0) is 16.2. The molecule has 1 amide bonds. The minimum absolute atomic E-state index is 0.0126. The molecule has 0 spiro atoms. The van der Waals surface area contributed by atoms with Crippen LogP contribution in [0.5, 0.6) is 0 Å². The van der Waals surface area contributed by atoms with E-state index in [9.17, 15) is 4.79 Å². The van der Waals surface area contributed by atoms with Gasteiger partial charge in [0.1, 0.15) is 0 Å². The number of hydrogen-bond donors (Lipinski definition) is 1. The summed E-state index contributed by atoms with van der Waals surface area (Å²) in [5.41, 5.74) is 3.32. The Hall–Kier alpha value is -1.36. The first-order valence-corrected chi connectivity index (χ1v) is 8.58.